The molecule has 3 rings (SSSR count). The van der Waals surface area contributed by atoms with Crippen LogP contribution in [0.4, 0.5) is 17.1 Å². The maximum absolute atomic E-state index is 12.1. The number of nitrogens with one attached hydrogen (secondary N) is 2. The van der Waals surface area contributed by atoms with Crippen molar-refractivity contribution in [2.45, 2.75) is 19.3 Å². The van der Waals surface area contributed by atoms with E-state index in [-0.39, 0.29) is 6.42 Å². The van der Waals surface area contributed by atoms with E-state index in [4.69, 9.17) is 23.2 Å². The molecule has 136 valence electrons. The average Bonchev–Trinajstić information content (AvgIpc) is 3.13. The number of carbonyl (C=O) groups excluding carboxylic acids is 2. The Morgan fingerprint density at radius 1 is 0.885 bits per heavy atom. The normalized spacial score (nSPS) is 13.5. The number of benzene rings is 2. The molecule has 26 heavy (non-hydrogen) atoms. The molecule has 0 atom stereocenters. The molecule has 0 aliphatic carbocycles. The number of amides is 2. The first kappa shape index (κ1) is 18.5. The van der Waals surface area contributed by atoms with Crippen LogP contribution < -0.4 is 15.5 Å². The lowest BCUT2D eigenvalue weighted by atomic mass is 10.2. The van der Waals surface area contributed by atoms with Crippen LogP contribution in [0, 0.1) is 0 Å². The van der Waals surface area contributed by atoms with E-state index in [1.54, 1.807) is 18.2 Å². The van der Waals surface area contributed by atoms with Crippen molar-refractivity contribution in [2.24, 2.45) is 0 Å². The molecule has 0 unspecified atom stereocenters. The Bertz CT molecular complexity index is 783. The van der Waals surface area contributed by atoms with Crippen LogP contribution in [-0.2, 0) is 9.59 Å². The van der Waals surface area contributed by atoms with Gasteiger partial charge in [0, 0.05) is 24.5 Å². The van der Waals surface area contributed by atoms with Gasteiger partial charge in [-0.15, -0.1) is 0 Å². The van der Waals surface area contributed by atoms with Crippen LogP contribution in [0.2, 0.25) is 10.0 Å². The molecule has 0 bridgehead atoms. The highest BCUT2D eigenvalue weighted by Crippen LogP contribution is 2.29. The second-order valence-electron chi connectivity index (χ2n) is 6.11. The number of para-hydroxylation sites is 1. The van der Waals surface area contributed by atoms with Crippen molar-refractivity contribution < 1.29 is 9.59 Å². The fourth-order valence-electron chi connectivity index (χ4n) is 2.88. The van der Waals surface area contributed by atoms with Crippen molar-refractivity contribution in [3.63, 3.8) is 0 Å². The predicted octanol–water partition coefficient (Wildman–Crippen LogP) is 4.56. The Hall–Kier alpha value is -2.24. The predicted molar refractivity (Wildman–Crippen MR) is 106 cm³/mol. The van der Waals surface area contributed by atoms with Crippen LogP contribution in [0.15, 0.2) is 42.5 Å². The van der Waals surface area contributed by atoms with E-state index in [1.165, 1.54) is 12.8 Å². The molecule has 2 N–H and O–H groups in total. The molecule has 1 aliphatic rings. The van der Waals surface area contributed by atoms with Crippen LogP contribution in [0.3, 0.4) is 0 Å². The molecular formula is C19H19Cl2N3O2. The quantitative estimate of drug-likeness (QED) is 0.734. The molecule has 0 saturated carbocycles. The summed E-state index contributed by atoms with van der Waals surface area (Å²) in [6.07, 6.45) is 2.10. The van der Waals surface area contributed by atoms with E-state index < -0.39 is 11.8 Å². The number of carbonyl (C=O) groups is 2. The van der Waals surface area contributed by atoms with Gasteiger partial charge in [0.15, 0.2) is 0 Å². The first-order chi connectivity index (χ1) is 12.5. The number of hydrogen-bond acceptors (Lipinski definition) is 3. The largest absolute Gasteiger partial charge is 0.372 e. The van der Waals surface area contributed by atoms with E-state index in [2.05, 4.69) is 15.5 Å². The molecule has 0 radical (unpaired) electrons. The van der Waals surface area contributed by atoms with Gasteiger partial charge in [-0.05, 0) is 49.2 Å². The molecule has 1 heterocycles. The highest BCUT2D eigenvalue weighted by atomic mass is 35.5. The van der Waals surface area contributed by atoms with Gasteiger partial charge in [0.05, 0.1) is 15.7 Å². The van der Waals surface area contributed by atoms with Gasteiger partial charge in [-0.3, -0.25) is 9.59 Å². The van der Waals surface area contributed by atoms with Gasteiger partial charge in [0.25, 0.3) is 0 Å². The van der Waals surface area contributed by atoms with Crippen molar-refractivity contribution in [1.82, 2.24) is 0 Å². The third-order valence-corrected chi connectivity index (χ3v) is 4.80. The smallest absolute Gasteiger partial charge is 0.233 e. The standard InChI is InChI=1S/C19H19Cl2N3O2/c20-15-4-3-5-16(21)19(15)23-18(26)12-17(25)22-13-6-8-14(9-7-13)24-10-1-2-11-24/h3-9H,1-2,10-12H2,(H,22,25)(H,23,26). The van der Waals surface area contributed by atoms with Gasteiger partial charge in [-0.1, -0.05) is 29.3 Å². The monoisotopic (exact) mass is 391 g/mol. The third-order valence-electron chi connectivity index (χ3n) is 4.17. The van der Waals surface area contributed by atoms with Crippen molar-refractivity contribution in [3.05, 3.63) is 52.5 Å². The summed E-state index contributed by atoms with van der Waals surface area (Å²) in [5, 5.41) is 5.94. The minimum Gasteiger partial charge on any atom is -0.372 e. The zero-order chi connectivity index (χ0) is 18.5. The average molecular weight is 392 g/mol. The molecule has 7 heteroatoms. The van der Waals surface area contributed by atoms with E-state index in [0.717, 1.165) is 18.8 Å². The molecule has 1 saturated heterocycles. The van der Waals surface area contributed by atoms with Gasteiger partial charge >= 0.3 is 0 Å². The number of rotatable bonds is 5. The summed E-state index contributed by atoms with van der Waals surface area (Å²) in [6, 6.07) is 12.5. The fraction of sp³-hybridized carbons (Fsp3) is 0.263. The number of halogens is 2. The fourth-order valence-corrected chi connectivity index (χ4v) is 3.37. The van der Waals surface area contributed by atoms with E-state index in [0.29, 0.717) is 21.4 Å². The summed E-state index contributed by atoms with van der Waals surface area (Å²) < 4.78 is 0. The van der Waals surface area contributed by atoms with Crippen molar-refractivity contribution in [2.75, 3.05) is 28.6 Å². The van der Waals surface area contributed by atoms with E-state index in [1.807, 2.05) is 24.3 Å². The summed E-state index contributed by atoms with van der Waals surface area (Å²) in [7, 11) is 0. The van der Waals surface area contributed by atoms with Gasteiger partial charge in [0.2, 0.25) is 11.8 Å². The summed E-state index contributed by atoms with van der Waals surface area (Å²) in [4.78, 5) is 26.4. The number of hydrogen-bond donors (Lipinski definition) is 2. The second-order valence-corrected chi connectivity index (χ2v) is 6.93. The molecule has 2 aromatic rings. The number of nitrogens with zero attached hydrogens (tertiary/aromatic N) is 1. The Balaban J connectivity index is 1.54. The molecule has 2 amide bonds. The van der Waals surface area contributed by atoms with Crippen molar-refractivity contribution in [3.8, 4) is 0 Å². The molecule has 2 aromatic carbocycles. The molecule has 1 aliphatic heterocycles. The molecular weight excluding hydrogens is 373 g/mol. The summed E-state index contributed by atoms with van der Waals surface area (Å²) in [6.45, 7) is 2.13. The Morgan fingerprint density at radius 2 is 1.46 bits per heavy atom. The zero-order valence-electron chi connectivity index (χ0n) is 14.1. The second kappa shape index (κ2) is 8.43. The van der Waals surface area contributed by atoms with Crippen molar-refractivity contribution >= 4 is 52.1 Å². The van der Waals surface area contributed by atoms with Crippen molar-refractivity contribution in [1.29, 1.82) is 0 Å². The molecule has 0 aromatic heterocycles. The van der Waals surface area contributed by atoms with Crippen LogP contribution in [-0.4, -0.2) is 24.9 Å². The topological polar surface area (TPSA) is 61.4 Å². The number of anilines is 3. The van der Waals surface area contributed by atoms with Crippen LogP contribution in [0.25, 0.3) is 0 Å². The SMILES string of the molecule is O=C(CC(=O)Nc1c(Cl)cccc1Cl)Nc1ccc(N2CCCC2)cc1. The zero-order valence-corrected chi connectivity index (χ0v) is 15.6. The first-order valence-corrected chi connectivity index (χ1v) is 9.17. The van der Waals surface area contributed by atoms with Crippen LogP contribution >= 0.6 is 23.2 Å². The minimum absolute atomic E-state index is 0.309. The van der Waals surface area contributed by atoms with Gasteiger partial charge in [-0.25, -0.2) is 0 Å². The van der Waals surface area contributed by atoms with E-state index in [9.17, 15) is 9.59 Å². The van der Waals surface area contributed by atoms with Crippen LogP contribution in [0.1, 0.15) is 19.3 Å². The van der Waals surface area contributed by atoms with E-state index >= 15 is 0 Å². The Kier molecular flexibility index (Phi) is 6.01. The summed E-state index contributed by atoms with van der Waals surface area (Å²) in [5.74, 6) is -0.884. The molecule has 0 spiro atoms. The maximum atomic E-state index is 12.1. The van der Waals surface area contributed by atoms with Crippen LogP contribution in [0.5, 0.6) is 0 Å². The van der Waals surface area contributed by atoms with Gasteiger partial charge in [-0.2, -0.15) is 0 Å². The Morgan fingerprint density at radius 3 is 2.08 bits per heavy atom. The summed E-state index contributed by atoms with van der Waals surface area (Å²) >= 11 is 12.0. The lowest BCUT2D eigenvalue weighted by Gasteiger charge is -2.17. The summed E-state index contributed by atoms with van der Waals surface area (Å²) in [5.41, 5.74) is 2.11. The minimum atomic E-state index is -0.480. The lowest BCUT2D eigenvalue weighted by Crippen LogP contribution is -2.22. The Labute approximate surface area is 162 Å². The highest BCUT2D eigenvalue weighted by molar-refractivity contribution is 6.39. The highest BCUT2D eigenvalue weighted by Gasteiger charge is 2.15. The maximum Gasteiger partial charge on any atom is 0.233 e. The molecule has 5 nitrogen and oxygen atoms in total. The first-order valence-electron chi connectivity index (χ1n) is 8.41. The molecule has 1 fully saturated rings. The van der Waals surface area contributed by atoms with Gasteiger partial charge < -0.3 is 15.5 Å². The van der Waals surface area contributed by atoms with Gasteiger partial charge in [0.1, 0.15) is 6.42 Å². The third kappa shape index (κ3) is 4.68. The lowest BCUT2D eigenvalue weighted by molar-refractivity contribution is -0.123.